The quantitative estimate of drug-likeness (QED) is 0.787. The van der Waals surface area contributed by atoms with Crippen LogP contribution in [0.1, 0.15) is 42.6 Å². The molecule has 0 radical (unpaired) electrons. The first-order chi connectivity index (χ1) is 9.63. The van der Waals surface area contributed by atoms with Gasteiger partial charge >= 0.3 is 0 Å². The minimum Gasteiger partial charge on any atom is -0.381 e. The predicted octanol–water partition coefficient (Wildman–Crippen LogP) is 2.69. The predicted molar refractivity (Wildman–Crippen MR) is 81.8 cm³/mol. The standard InChI is InChI=1S/C15H24N2O2S/c1-4-9-19-10-5-8-17-14(16-12(3)15(17)18)13-7-6-11(2)20-13/h6-7,12,14,16H,4-5,8-10H2,1-3H3. The molecule has 0 aliphatic carbocycles. The third-order valence-corrected chi connectivity index (χ3v) is 4.49. The van der Waals surface area contributed by atoms with Crippen LogP contribution in [0.25, 0.3) is 0 Å². The number of ether oxygens (including phenoxy) is 1. The zero-order valence-corrected chi connectivity index (χ0v) is 13.3. The molecule has 1 amide bonds. The molecule has 1 N–H and O–H groups in total. The van der Waals surface area contributed by atoms with Crippen molar-refractivity contribution < 1.29 is 9.53 Å². The van der Waals surface area contributed by atoms with Crippen molar-refractivity contribution in [2.75, 3.05) is 19.8 Å². The van der Waals surface area contributed by atoms with Gasteiger partial charge in [0.2, 0.25) is 5.91 Å². The molecular weight excluding hydrogens is 272 g/mol. The highest BCUT2D eigenvalue weighted by atomic mass is 32.1. The van der Waals surface area contributed by atoms with Gasteiger partial charge in [0.15, 0.2) is 0 Å². The van der Waals surface area contributed by atoms with Crippen LogP contribution in [0.3, 0.4) is 0 Å². The average molecular weight is 296 g/mol. The van der Waals surface area contributed by atoms with Crippen LogP contribution in [0.15, 0.2) is 12.1 Å². The molecule has 0 spiro atoms. The van der Waals surface area contributed by atoms with Crippen LogP contribution >= 0.6 is 11.3 Å². The third kappa shape index (κ3) is 3.59. The number of nitrogens with zero attached hydrogens (tertiary/aromatic N) is 1. The third-order valence-electron chi connectivity index (χ3n) is 3.44. The SMILES string of the molecule is CCCOCCCN1C(=O)C(C)NC1c1ccc(C)s1. The number of amides is 1. The maximum Gasteiger partial charge on any atom is 0.241 e. The molecule has 5 heteroatoms. The van der Waals surface area contributed by atoms with E-state index in [4.69, 9.17) is 4.74 Å². The summed E-state index contributed by atoms with van der Waals surface area (Å²) in [5.74, 6) is 0.191. The second-order valence-electron chi connectivity index (χ2n) is 5.24. The van der Waals surface area contributed by atoms with E-state index in [1.165, 1.54) is 9.75 Å². The summed E-state index contributed by atoms with van der Waals surface area (Å²) in [6.45, 7) is 8.41. The van der Waals surface area contributed by atoms with Crippen molar-refractivity contribution in [1.29, 1.82) is 0 Å². The van der Waals surface area contributed by atoms with Gasteiger partial charge in [0, 0.05) is 29.5 Å². The Kier molecular flexibility index (Phi) is 5.57. The van der Waals surface area contributed by atoms with E-state index in [9.17, 15) is 4.79 Å². The number of carbonyl (C=O) groups excluding carboxylic acids is 1. The number of carbonyl (C=O) groups is 1. The van der Waals surface area contributed by atoms with Gasteiger partial charge in [-0.2, -0.15) is 0 Å². The van der Waals surface area contributed by atoms with E-state index in [-0.39, 0.29) is 18.1 Å². The monoisotopic (exact) mass is 296 g/mol. The molecule has 1 aromatic rings. The Bertz CT molecular complexity index is 447. The highest BCUT2D eigenvalue weighted by Crippen LogP contribution is 2.30. The Morgan fingerprint density at radius 3 is 2.85 bits per heavy atom. The summed E-state index contributed by atoms with van der Waals surface area (Å²) in [7, 11) is 0. The van der Waals surface area contributed by atoms with Crippen molar-refractivity contribution in [2.45, 2.75) is 45.8 Å². The first-order valence-corrected chi connectivity index (χ1v) is 8.15. The van der Waals surface area contributed by atoms with Gasteiger partial charge in [0.05, 0.1) is 6.04 Å². The summed E-state index contributed by atoms with van der Waals surface area (Å²) >= 11 is 1.75. The van der Waals surface area contributed by atoms with Crippen LogP contribution in [-0.4, -0.2) is 36.6 Å². The lowest BCUT2D eigenvalue weighted by atomic mass is 10.3. The molecule has 20 heavy (non-hydrogen) atoms. The summed E-state index contributed by atoms with van der Waals surface area (Å²) in [6.07, 6.45) is 1.96. The van der Waals surface area contributed by atoms with Crippen LogP contribution in [-0.2, 0) is 9.53 Å². The van der Waals surface area contributed by atoms with Crippen LogP contribution in [0.5, 0.6) is 0 Å². The average Bonchev–Trinajstić information content (AvgIpc) is 2.96. The van der Waals surface area contributed by atoms with E-state index in [1.54, 1.807) is 11.3 Å². The van der Waals surface area contributed by atoms with Gasteiger partial charge < -0.3 is 9.64 Å². The van der Waals surface area contributed by atoms with Crippen molar-refractivity contribution >= 4 is 17.2 Å². The van der Waals surface area contributed by atoms with E-state index < -0.39 is 0 Å². The highest BCUT2D eigenvalue weighted by Gasteiger charge is 2.37. The molecule has 2 heterocycles. The molecule has 2 rings (SSSR count). The molecule has 112 valence electrons. The Labute approximate surface area is 125 Å². The fraction of sp³-hybridized carbons (Fsp3) is 0.667. The number of nitrogens with one attached hydrogen (secondary N) is 1. The van der Waals surface area contributed by atoms with Gasteiger partial charge in [-0.15, -0.1) is 11.3 Å². The van der Waals surface area contributed by atoms with Gasteiger partial charge in [-0.25, -0.2) is 0 Å². The van der Waals surface area contributed by atoms with Crippen molar-refractivity contribution in [2.24, 2.45) is 0 Å². The summed E-state index contributed by atoms with van der Waals surface area (Å²) in [5, 5.41) is 3.38. The molecule has 1 aliphatic heterocycles. The van der Waals surface area contributed by atoms with Gasteiger partial charge in [0.1, 0.15) is 6.17 Å². The Hall–Kier alpha value is -0.910. The molecule has 1 aliphatic rings. The van der Waals surface area contributed by atoms with Crippen LogP contribution in [0, 0.1) is 6.92 Å². The van der Waals surface area contributed by atoms with E-state index in [0.717, 1.165) is 32.6 Å². The maximum absolute atomic E-state index is 12.2. The van der Waals surface area contributed by atoms with Crippen molar-refractivity contribution in [3.05, 3.63) is 21.9 Å². The fourth-order valence-electron chi connectivity index (χ4n) is 2.43. The van der Waals surface area contributed by atoms with Gasteiger partial charge in [0.25, 0.3) is 0 Å². The second-order valence-corrected chi connectivity index (χ2v) is 6.56. The fourth-order valence-corrected chi connectivity index (χ4v) is 3.38. The molecule has 0 aromatic carbocycles. The number of hydrogen-bond acceptors (Lipinski definition) is 4. The Morgan fingerprint density at radius 2 is 2.20 bits per heavy atom. The molecular formula is C15H24N2O2S. The maximum atomic E-state index is 12.2. The molecule has 0 saturated carbocycles. The molecule has 1 saturated heterocycles. The molecule has 0 bridgehead atoms. The van der Waals surface area contributed by atoms with Crippen molar-refractivity contribution in [3.63, 3.8) is 0 Å². The summed E-state index contributed by atoms with van der Waals surface area (Å²) in [4.78, 5) is 16.7. The lowest BCUT2D eigenvalue weighted by Crippen LogP contribution is -2.31. The Morgan fingerprint density at radius 1 is 1.40 bits per heavy atom. The zero-order valence-electron chi connectivity index (χ0n) is 12.5. The van der Waals surface area contributed by atoms with Crippen molar-refractivity contribution in [3.8, 4) is 0 Å². The minimum atomic E-state index is -0.0982. The molecule has 1 aromatic heterocycles. The highest BCUT2D eigenvalue weighted by molar-refractivity contribution is 7.12. The number of thiophene rings is 1. The molecule has 2 unspecified atom stereocenters. The van der Waals surface area contributed by atoms with E-state index in [1.807, 2.05) is 11.8 Å². The second kappa shape index (κ2) is 7.20. The summed E-state index contributed by atoms with van der Waals surface area (Å²) in [5.41, 5.74) is 0. The van der Waals surface area contributed by atoms with Crippen LogP contribution < -0.4 is 5.32 Å². The topological polar surface area (TPSA) is 41.6 Å². The largest absolute Gasteiger partial charge is 0.381 e. The van der Waals surface area contributed by atoms with E-state index in [0.29, 0.717) is 0 Å². The summed E-state index contributed by atoms with van der Waals surface area (Å²) < 4.78 is 5.49. The van der Waals surface area contributed by atoms with Crippen LogP contribution in [0.2, 0.25) is 0 Å². The van der Waals surface area contributed by atoms with Crippen LogP contribution in [0.4, 0.5) is 0 Å². The normalized spacial score (nSPS) is 22.8. The molecule has 2 atom stereocenters. The first kappa shape index (κ1) is 15.5. The smallest absolute Gasteiger partial charge is 0.241 e. The molecule has 1 fully saturated rings. The first-order valence-electron chi connectivity index (χ1n) is 7.34. The number of hydrogen-bond donors (Lipinski definition) is 1. The lowest BCUT2D eigenvalue weighted by molar-refractivity contribution is -0.130. The Balaban J connectivity index is 1.94. The van der Waals surface area contributed by atoms with E-state index >= 15 is 0 Å². The van der Waals surface area contributed by atoms with Crippen molar-refractivity contribution in [1.82, 2.24) is 10.2 Å². The lowest BCUT2D eigenvalue weighted by Gasteiger charge is -2.23. The molecule has 4 nitrogen and oxygen atoms in total. The van der Waals surface area contributed by atoms with E-state index in [2.05, 4.69) is 31.3 Å². The van der Waals surface area contributed by atoms with Gasteiger partial charge in [-0.3, -0.25) is 10.1 Å². The zero-order chi connectivity index (χ0) is 14.5. The summed E-state index contributed by atoms with van der Waals surface area (Å²) in [6, 6.07) is 4.13. The number of aryl methyl sites for hydroxylation is 1. The number of rotatable bonds is 7. The van der Waals surface area contributed by atoms with Gasteiger partial charge in [-0.1, -0.05) is 6.92 Å². The van der Waals surface area contributed by atoms with Gasteiger partial charge in [-0.05, 0) is 38.8 Å². The minimum absolute atomic E-state index is 0.0300.